The largest absolute Gasteiger partial charge is 0.353 e. The van der Waals surface area contributed by atoms with Crippen LogP contribution >= 0.6 is 0 Å². The smallest absolute Gasteiger partial charge is 0.257 e. The Morgan fingerprint density at radius 3 is 2.55 bits per heavy atom. The average Bonchev–Trinajstić information content (AvgIpc) is 3.35. The van der Waals surface area contributed by atoms with E-state index in [1.165, 1.54) is 5.56 Å². The Labute approximate surface area is 192 Å². The van der Waals surface area contributed by atoms with E-state index in [0.717, 1.165) is 43.9 Å². The zero-order valence-electron chi connectivity index (χ0n) is 18.4. The van der Waals surface area contributed by atoms with Crippen molar-refractivity contribution in [3.63, 3.8) is 0 Å². The number of carbonyl (C=O) groups excluding carboxylic acids is 2. The maximum atomic E-state index is 12.5. The Bertz CT molecular complexity index is 1070. The summed E-state index contributed by atoms with van der Waals surface area (Å²) < 4.78 is 0. The van der Waals surface area contributed by atoms with Gasteiger partial charge in [-0.15, -0.1) is 5.10 Å². The molecule has 0 atom stereocenters. The lowest BCUT2D eigenvalue weighted by atomic mass is 9.90. The van der Waals surface area contributed by atoms with Crippen LogP contribution in [-0.4, -0.2) is 63.3 Å². The predicted molar refractivity (Wildman–Crippen MR) is 124 cm³/mol. The molecule has 2 saturated heterocycles. The van der Waals surface area contributed by atoms with Crippen molar-refractivity contribution in [3.8, 4) is 0 Å². The number of hydrogen-bond donors (Lipinski definition) is 2. The standard InChI is InChI=1S/C24H27N7O2/c32-23(20-15-31(16-20)22-2-1-9-25-29-22)28-21-5-3-17(4-6-21)12-18-7-10-30(11-8-18)24(33)19-13-26-27-14-19/h1-6,9,13-14,18,20H,7-8,10-12,15-16H2,(H,26,27)(H,28,32). The maximum Gasteiger partial charge on any atom is 0.257 e. The van der Waals surface area contributed by atoms with Crippen molar-refractivity contribution in [1.82, 2.24) is 25.3 Å². The highest BCUT2D eigenvalue weighted by molar-refractivity contribution is 5.94. The van der Waals surface area contributed by atoms with E-state index in [4.69, 9.17) is 0 Å². The highest BCUT2D eigenvalue weighted by Gasteiger charge is 2.33. The summed E-state index contributed by atoms with van der Waals surface area (Å²) in [4.78, 5) is 28.9. The molecule has 4 heterocycles. The number of nitrogens with zero attached hydrogens (tertiary/aromatic N) is 5. The minimum atomic E-state index is -0.0402. The van der Waals surface area contributed by atoms with Crippen molar-refractivity contribution in [3.05, 3.63) is 66.1 Å². The van der Waals surface area contributed by atoms with E-state index >= 15 is 0 Å². The summed E-state index contributed by atoms with van der Waals surface area (Å²) in [6.07, 6.45) is 7.83. The summed E-state index contributed by atoms with van der Waals surface area (Å²) in [7, 11) is 0. The molecule has 0 unspecified atom stereocenters. The molecule has 5 rings (SSSR count). The van der Waals surface area contributed by atoms with Crippen LogP contribution in [0.5, 0.6) is 0 Å². The number of hydrogen-bond acceptors (Lipinski definition) is 6. The van der Waals surface area contributed by atoms with E-state index in [-0.39, 0.29) is 17.7 Å². The van der Waals surface area contributed by atoms with Gasteiger partial charge in [0.05, 0.1) is 17.7 Å². The fourth-order valence-corrected chi connectivity index (χ4v) is 4.49. The lowest BCUT2D eigenvalue weighted by Gasteiger charge is -2.38. The van der Waals surface area contributed by atoms with E-state index in [1.807, 2.05) is 34.1 Å². The summed E-state index contributed by atoms with van der Waals surface area (Å²) in [6.45, 7) is 2.86. The minimum Gasteiger partial charge on any atom is -0.353 e. The third-order valence-corrected chi connectivity index (χ3v) is 6.53. The van der Waals surface area contributed by atoms with Gasteiger partial charge in [-0.1, -0.05) is 12.1 Å². The molecule has 170 valence electrons. The van der Waals surface area contributed by atoms with E-state index in [1.54, 1.807) is 18.6 Å². The van der Waals surface area contributed by atoms with Crippen LogP contribution in [0, 0.1) is 11.8 Å². The fraction of sp³-hybridized carbons (Fsp3) is 0.375. The minimum absolute atomic E-state index is 0.0394. The fourth-order valence-electron chi connectivity index (χ4n) is 4.49. The first kappa shape index (κ1) is 21.1. The van der Waals surface area contributed by atoms with Crippen molar-refractivity contribution in [2.24, 2.45) is 11.8 Å². The van der Waals surface area contributed by atoms with E-state index < -0.39 is 0 Å². The third-order valence-electron chi connectivity index (χ3n) is 6.53. The number of aromatic nitrogens is 4. The molecule has 3 aromatic rings. The zero-order valence-corrected chi connectivity index (χ0v) is 18.4. The molecule has 2 aliphatic heterocycles. The summed E-state index contributed by atoms with van der Waals surface area (Å²) in [5.74, 6) is 1.41. The summed E-state index contributed by atoms with van der Waals surface area (Å²) >= 11 is 0. The molecule has 33 heavy (non-hydrogen) atoms. The van der Waals surface area contributed by atoms with Crippen LogP contribution in [0.15, 0.2) is 55.0 Å². The van der Waals surface area contributed by atoms with Crippen LogP contribution < -0.4 is 10.2 Å². The summed E-state index contributed by atoms with van der Waals surface area (Å²) in [6, 6.07) is 11.9. The second kappa shape index (κ2) is 9.40. The van der Waals surface area contributed by atoms with Gasteiger partial charge in [0.2, 0.25) is 5.91 Å². The third kappa shape index (κ3) is 4.87. The Morgan fingerprint density at radius 2 is 1.88 bits per heavy atom. The van der Waals surface area contributed by atoms with Gasteiger partial charge in [-0.25, -0.2) is 0 Å². The Hall–Kier alpha value is -3.75. The topological polar surface area (TPSA) is 107 Å². The molecule has 0 spiro atoms. The Kier molecular flexibility index (Phi) is 6.01. The number of rotatable bonds is 6. The van der Waals surface area contributed by atoms with E-state index in [9.17, 15) is 9.59 Å². The van der Waals surface area contributed by atoms with Crippen molar-refractivity contribution in [2.45, 2.75) is 19.3 Å². The number of likely N-dealkylation sites (tertiary alicyclic amines) is 1. The highest BCUT2D eigenvalue weighted by Crippen LogP contribution is 2.25. The Morgan fingerprint density at radius 1 is 1.09 bits per heavy atom. The normalized spacial score (nSPS) is 17.0. The zero-order chi connectivity index (χ0) is 22.6. The molecule has 2 amide bonds. The number of H-pyrrole nitrogens is 1. The number of amides is 2. The van der Waals surface area contributed by atoms with E-state index in [2.05, 4.69) is 37.8 Å². The van der Waals surface area contributed by atoms with Crippen LogP contribution in [0.3, 0.4) is 0 Å². The Balaban J connectivity index is 1.06. The van der Waals surface area contributed by atoms with Crippen LogP contribution in [0.2, 0.25) is 0 Å². The molecule has 0 bridgehead atoms. The van der Waals surface area contributed by atoms with Gasteiger partial charge in [-0.05, 0) is 55.0 Å². The molecule has 9 heteroatoms. The number of nitrogens with one attached hydrogen (secondary N) is 2. The second-order valence-electron chi connectivity index (χ2n) is 8.80. The molecule has 0 radical (unpaired) electrons. The van der Waals surface area contributed by atoms with Crippen molar-refractivity contribution < 1.29 is 9.59 Å². The van der Waals surface area contributed by atoms with Crippen LogP contribution in [-0.2, 0) is 11.2 Å². The molecule has 2 N–H and O–H groups in total. The van der Waals surface area contributed by atoms with Gasteiger partial charge in [0.1, 0.15) is 0 Å². The molecule has 2 aromatic heterocycles. The molecule has 0 saturated carbocycles. The molecule has 1 aromatic carbocycles. The molecule has 2 fully saturated rings. The average molecular weight is 446 g/mol. The first-order valence-corrected chi connectivity index (χ1v) is 11.4. The molecule has 0 aliphatic carbocycles. The number of aromatic amines is 1. The van der Waals surface area contributed by atoms with Crippen molar-refractivity contribution in [2.75, 3.05) is 36.4 Å². The maximum absolute atomic E-state index is 12.5. The quantitative estimate of drug-likeness (QED) is 0.603. The van der Waals surface area contributed by atoms with Gasteiger partial charge in [0.15, 0.2) is 5.82 Å². The van der Waals surface area contributed by atoms with Gasteiger partial charge in [0, 0.05) is 44.3 Å². The van der Waals surface area contributed by atoms with Crippen molar-refractivity contribution >= 4 is 23.3 Å². The lowest BCUT2D eigenvalue weighted by Crippen LogP contribution is -2.52. The number of anilines is 2. The summed E-state index contributed by atoms with van der Waals surface area (Å²) in [5, 5.41) is 17.6. The highest BCUT2D eigenvalue weighted by atomic mass is 16.2. The molecular weight excluding hydrogens is 418 g/mol. The van der Waals surface area contributed by atoms with E-state index in [0.29, 0.717) is 24.6 Å². The van der Waals surface area contributed by atoms with Gasteiger partial charge >= 0.3 is 0 Å². The molecular formula is C24H27N7O2. The number of benzene rings is 1. The second-order valence-corrected chi connectivity index (χ2v) is 8.80. The van der Waals surface area contributed by atoms with Crippen LogP contribution in [0.1, 0.15) is 28.8 Å². The lowest BCUT2D eigenvalue weighted by molar-refractivity contribution is -0.120. The number of carbonyl (C=O) groups is 2. The van der Waals surface area contributed by atoms with Gasteiger partial charge in [-0.3, -0.25) is 14.7 Å². The summed E-state index contributed by atoms with van der Waals surface area (Å²) in [5.41, 5.74) is 2.70. The molecule has 2 aliphatic rings. The van der Waals surface area contributed by atoms with Crippen LogP contribution in [0.4, 0.5) is 11.5 Å². The first-order valence-electron chi connectivity index (χ1n) is 11.4. The number of piperidine rings is 1. The van der Waals surface area contributed by atoms with Crippen molar-refractivity contribution in [1.29, 1.82) is 0 Å². The molecule has 9 nitrogen and oxygen atoms in total. The van der Waals surface area contributed by atoms with Gasteiger partial charge < -0.3 is 15.1 Å². The first-order chi connectivity index (χ1) is 16.2. The van der Waals surface area contributed by atoms with Gasteiger partial charge in [-0.2, -0.15) is 10.2 Å². The van der Waals surface area contributed by atoms with Gasteiger partial charge in [0.25, 0.3) is 5.91 Å². The van der Waals surface area contributed by atoms with Crippen LogP contribution in [0.25, 0.3) is 0 Å². The SMILES string of the molecule is O=C(Nc1ccc(CC2CCN(C(=O)c3cn[nH]c3)CC2)cc1)C1CN(c2cccnn2)C1. The monoisotopic (exact) mass is 445 g/mol. The predicted octanol–water partition coefficient (Wildman–Crippen LogP) is 2.37.